The average Bonchev–Trinajstić information content (AvgIpc) is 3.56. The fourth-order valence-electron chi connectivity index (χ4n) is 6.25. The molecule has 0 unspecified atom stereocenters. The highest BCUT2D eigenvalue weighted by atomic mass is 32.1. The molecule has 0 bridgehead atoms. The summed E-state index contributed by atoms with van der Waals surface area (Å²) in [7, 11) is 1.58. The van der Waals surface area contributed by atoms with Gasteiger partial charge in [0.1, 0.15) is 11.8 Å². The van der Waals surface area contributed by atoms with Crippen LogP contribution in [-0.2, 0) is 16.1 Å². The fourth-order valence-corrected chi connectivity index (χ4v) is 7.29. The van der Waals surface area contributed by atoms with Gasteiger partial charge in [-0.1, -0.05) is 90.2 Å². The van der Waals surface area contributed by atoms with Crippen LogP contribution in [0.4, 0.5) is 0 Å². The summed E-state index contributed by atoms with van der Waals surface area (Å²) >= 11 is 1.32. The normalized spacial score (nSPS) is 14.9. The van der Waals surface area contributed by atoms with Crippen molar-refractivity contribution >= 4 is 45.1 Å². The number of carbonyl (C=O) groups excluding carboxylic acids is 1. The zero-order valence-corrected chi connectivity index (χ0v) is 26.0. The van der Waals surface area contributed by atoms with Crippen LogP contribution in [0.25, 0.3) is 27.8 Å². The minimum absolute atomic E-state index is 0.210. The topological polar surface area (TPSA) is 74.8 Å². The molecule has 0 fully saturated rings. The molecule has 2 aromatic heterocycles. The van der Waals surface area contributed by atoms with E-state index in [0.717, 1.165) is 16.5 Å². The van der Waals surface area contributed by atoms with Gasteiger partial charge in [0, 0.05) is 34.8 Å². The largest absolute Gasteiger partial charge is 0.496 e. The summed E-state index contributed by atoms with van der Waals surface area (Å²) in [6.45, 7) is 4.44. The Balaban J connectivity index is 1.39. The molecule has 6 aromatic rings. The van der Waals surface area contributed by atoms with Gasteiger partial charge in [-0.05, 0) is 48.4 Å². The molecule has 1 aliphatic heterocycles. The van der Waals surface area contributed by atoms with Crippen molar-refractivity contribution < 1.29 is 14.3 Å². The van der Waals surface area contributed by atoms with E-state index < -0.39 is 12.0 Å². The quantitative estimate of drug-likeness (QED) is 0.208. The Morgan fingerprint density at radius 3 is 2.51 bits per heavy atom. The first kappa shape index (κ1) is 28.6. The number of allylic oxidation sites excluding steroid dienone is 1. The van der Waals surface area contributed by atoms with E-state index >= 15 is 0 Å². The minimum Gasteiger partial charge on any atom is -0.496 e. The van der Waals surface area contributed by atoms with Crippen LogP contribution in [0.5, 0.6) is 5.75 Å². The molecule has 0 radical (unpaired) electrons. The summed E-state index contributed by atoms with van der Waals surface area (Å²) in [5, 5.41) is 3.47. The molecule has 45 heavy (non-hydrogen) atoms. The van der Waals surface area contributed by atoms with Crippen LogP contribution in [0.3, 0.4) is 0 Å². The molecule has 3 heterocycles. The first-order valence-electron chi connectivity index (χ1n) is 14.9. The zero-order chi connectivity index (χ0) is 31.1. The van der Waals surface area contributed by atoms with Crippen molar-refractivity contribution in [2.45, 2.75) is 26.4 Å². The number of ether oxygens (including phenoxy) is 2. The molecule has 1 atom stereocenters. The van der Waals surface area contributed by atoms with E-state index in [1.165, 1.54) is 27.7 Å². The van der Waals surface area contributed by atoms with Gasteiger partial charge in [0.15, 0.2) is 4.80 Å². The molecule has 224 valence electrons. The van der Waals surface area contributed by atoms with Crippen LogP contribution in [0.15, 0.2) is 118 Å². The SMILES string of the molecule is CCOC(=O)C1=C(C)N=c2s/c(=C\c3cn(Cc4cccc5ccccc45)c4ccccc34)c(=O)n2[C@@H]1c1ccccc1OC. The van der Waals surface area contributed by atoms with Gasteiger partial charge < -0.3 is 14.0 Å². The monoisotopic (exact) mass is 613 g/mol. The van der Waals surface area contributed by atoms with Crippen molar-refractivity contribution in [1.29, 1.82) is 0 Å². The summed E-state index contributed by atoms with van der Waals surface area (Å²) < 4.78 is 15.5. The number of nitrogens with zero attached hydrogens (tertiary/aromatic N) is 3. The summed E-state index contributed by atoms with van der Waals surface area (Å²) in [5.74, 6) is 0.0746. The van der Waals surface area contributed by atoms with Gasteiger partial charge in [-0.2, -0.15) is 0 Å². The van der Waals surface area contributed by atoms with Crippen molar-refractivity contribution in [3.8, 4) is 5.75 Å². The number of aromatic nitrogens is 2. The lowest BCUT2D eigenvalue weighted by Gasteiger charge is -2.25. The molecule has 4 aromatic carbocycles. The minimum atomic E-state index is -0.744. The summed E-state index contributed by atoms with van der Waals surface area (Å²) in [5.41, 5.74) is 4.55. The average molecular weight is 614 g/mol. The van der Waals surface area contributed by atoms with Gasteiger partial charge in [-0.25, -0.2) is 9.79 Å². The van der Waals surface area contributed by atoms with E-state index in [0.29, 0.717) is 38.5 Å². The third-order valence-electron chi connectivity index (χ3n) is 8.28. The molecule has 8 heteroatoms. The molecule has 0 N–H and O–H groups in total. The number of rotatable bonds is 7. The first-order valence-corrected chi connectivity index (χ1v) is 15.7. The molecule has 7 rings (SSSR count). The number of esters is 1. The predicted molar refractivity (Wildman–Crippen MR) is 178 cm³/mol. The maximum Gasteiger partial charge on any atom is 0.338 e. The molecule has 0 aliphatic carbocycles. The number of hydrogen-bond acceptors (Lipinski definition) is 6. The summed E-state index contributed by atoms with van der Waals surface area (Å²) in [6, 6.07) is 29.7. The maximum absolute atomic E-state index is 14.3. The Morgan fingerprint density at radius 2 is 1.69 bits per heavy atom. The Hall–Kier alpha value is -5.21. The highest BCUT2D eigenvalue weighted by Crippen LogP contribution is 2.35. The standard InChI is InChI=1S/C37H31N3O4S/c1-4-44-36(42)33-23(2)38-37-40(34(33)29-17-8-10-19-31(29)43-3)35(41)32(45-37)20-26-22-39(30-18-9-7-16-28(26)30)21-25-14-11-13-24-12-5-6-15-27(24)25/h5-20,22,34H,4,21H2,1-3H3/b32-20-/t34-/m1/s1. The number of thiazole rings is 1. The van der Waals surface area contributed by atoms with Crippen LogP contribution < -0.4 is 19.6 Å². The van der Waals surface area contributed by atoms with E-state index in [2.05, 4.69) is 65.4 Å². The Bertz CT molecular complexity index is 2320. The Kier molecular flexibility index (Phi) is 7.43. The van der Waals surface area contributed by atoms with Gasteiger partial charge >= 0.3 is 5.97 Å². The number of methoxy groups -OCH3 is 1. The lowest BCUT2D eigenvalue weighted by Crippen LogP contribution is -2.40. The van der Waals surface area contributed by atoms with Crippen LogP contribution in [-0.4, -0.2) is 28.8 Å². The lowest BCUT2D eigenvalue weighted by atomic mass is 9.95. The molecule has 0 spiro atoms. The van der Waals surface area contributed by atoms with Crippen LogP contribution in [0, 0.1) is 0 Å². The number of hydrogen-bond donors (Lipinski definition) is 0. The van der Waals surface area contributed by atoms with Crippen molar-refractivity contribution in [3.63, 3.8) is 0 Å². The van der Waals surface area contributed by atoms with Gasteiger partial charge in [0.2, 0.25) is 0 Å². The van der Waals surface area contributed by atoms with E-state index in [1.807, 2.05) is 42.5 Å². The van der Waals surface area contributed by atoms with Gasteiger partial charge in [0.05, 0.1) is 29.5 Å². The van der Waals surface area contributed by atoms with Crippen LogP contribution >= 0.6 is 11.3 Å². The Labute approximate surface area is 263 Å². The number of benzene rings is 4. The second-order valence-electron chi connectivity index (χ2n) is 10.9. The van der Waals surface area contributed by atoms with Crippen molar-refractivity contribution in [3.05, 3.63) is 145 Å². The van der Waals surface area contributed by atoms with Gasteiger partial charge in [-0.15, -0.1) is 0 Å². The summed E-state index contributed by atoms with van der Waals surface area (Å²) in [4.78, 5) is 32.8. The molecule has 0 saturated heterocycles. The molecular formula is C37H31N3O4S. The molecular weight excluding hydrogens is 582 g/mol. The predicted octanol–water partition coefficient (Wildman–Crippen LogP) is 5.96. The number of carbonyl (C=O) groups is 1. The molecule has 0 amide bonds. The molecule has 1 aliphatic rings. The zero-order valence-electron chi connectivity index (χ0n) is 25.2. The second kappa shape index (κ2) is 11.7. The third kappa shape index (κ3) is 4.97. The van der Waals surface area contributed by atoms with Crippen molar-refractivity contribution in [2.24, 2.45) is 4.99 Å². The van der Waals surface area contributed by atoms with Gasteiger partial charge in [0.25, 0.3) is 5.56 Å². The van der Waals surface area contributed by atoms with E-state index in [9.17, 15) is 9.59 Å². The second-order valence-corrected chi connectivity index (χ2v) is 11.9. The highest BCUT2D eigenvalue weighted by Gasteiger charge is 2.35. The van der Waals surface area contributed by atoms with E-state index in [-0.39, 0.29) is 12.2 Å². The smallest absolute Gasteiger partial charge is 0.338 e. The first-order chi connectivity index (χ1) is 22.0. The van der Waals surface area contributed by atoms with Gasteiger partial charge in [-0.3, -0.25) is 9.36 Å². The van der Waals surface area contributed by atoms with Crippen molar-refractivity contribution in [1.82, 2.24) is 9.13 Å². The highest BCUT2D eigenvalue weighted by molar-refractivity contribution is 7.07. The van der Waals surface area contributed by atoms with Crippen LogP contribution in [0.1, 0.15) is 36.6 Å². The number of para-hydroxylation sites is 2. The molecule has 7 nitrogen and oxygen atoms in total. The van der Waals surface area contributed by atoms with Crippen molar-refractivity contribution in [2.75, 3.05) is 13.7 Å². The lowest BCUT2D eigenvalue weighted by molar-refractivity contribution is -0.139. The third-order valence-corrected chi connectivity index (χ3v) is 9.26. The van der Waals surface area contributed by atoms with E-state index in [4.69, 9.17) is 14.5 Å². The maximum atomic E-state index is 14.3. The van der Waals surface area contributed by atoms with Crippen LogP contribution in [0.2, 0.25) is 0 Å². The molecule has 0 saturated carbocycles. The summed E-state index contributed by atoms with van der Waals surface area (Å²) in [6.07, 6.45) is 4.05. The Morgan fingerprint density at radius 1 is 0.956 bits per heavy atom. The van der Waals surface area contributed by atoms with E-state index in [1.54, 1.807) is 25.5 Å². The number of fused-ring (bicyclic) bond motifs is 3. The fraction of sp³-hybridized carbons (Fsp3) is 0.162.